The SMILES string of the molecule is CCN(Cc1ccc(C(=O)N(C)C)cc1)C(=O)C1(N)CCOCC1. The van der Waals surface area contributed by atoms with Gasteiger partial charge in [0.2, 0.25) is 5.91 Å². The van der Waals surface area contributed by atoms with Gasteiger partial charge in [0, 0.05) is 46.0 Å². The zero-order chi connectivity index (χ0) is 17.7. The van der Waals surface area contributed by atoms with E-state index in [4.69, 9.17) is 10.5 Å². The minimum absolute atomic E-state index is 0.0262. The Morgan fingerprint density at radius 2 is 1.75 bits per heavy atom. The maximum atomic E-state index is 12.8. The highest BCUT2D eigenvalue weighted by molar-refractivity contribution is 5.93. The lowest BCUT2D eigenvalue weighted by atomic mass is 9.89. The highest BCUT2D eigenvalue weighted by Gasteiger charge is 2.38. The number of carbonyl (C=O) groups is 2. The predicted octanol–water partition coefficient (Wildman–Crippen LogP) is 1.24. The van der Waals surface area contributed by atoms with Crippen molar-refractivity contribution >= 4 is 11.8 Å². The first-order valence-corrected chi connectivity index (χ1v) is 8.34. The Bertz CT molecular complexity index is 578. The molecule has 2 N–H and O–H groups in total. The van der Waals surface area contributed by atoms with E-state index in [0.717, 1.165) is 5.56 Å². The second kappa shape index (κ2) is 7.77. The van der Waals surface area contributed by atoms with Gasteiger partial charge in [-0.1, -0.05) is 12.1 Å². The number of hydrogen-bond donors (Lipinski definition) is 1. The van der Waals surface area contributed by atoms with Gasteiger partial charge < -0.3 is 20.3 Å². The van der Waals surface area contributed by atoms with Gasteiger partial charge in [-0.3, -0.25) is 9.59 Å². The summed E-state index contributed by atoms with van der Waals surface area (Å²) in [5, 5.41) is 0. The highest BCUT2D eigenvalue weighted by Crippen LogP contribution is 2.21. The van der Waals surface area contributed by atoms with Crippen LogP contribution in [-0.2, 0) is 16.1 Å². The maximum Gasteiger partial charge on any atom is 0.253 e. The second-order valence-electron chi connectivity index (χ2n) is 6.48. The molecule has 1 heterocycles. The van der Waals surface area contributed by atoms with Crippen molar-refractivity contribution in [1.82, 2.24) is 9.80 Å². The van der Waals surface area contributed by atoms with Crippen molar-refractivity contribution in [2.24, 2.45) is 5.73 Å². The summed E-state index contributed by atoms with van der Waals surface area (Å²) < 4.78 is 5.31. The van der Waals surface area contributed by atoms with Crippen LogP contribution in [0.1, 0.15) is 35.7 Å². The summed E-state index contributed by atoms with van der Waals surface area (Å²) in [7, 11) is 3.45. The fraction of sp³-hybridized carbons (Fsp3) is 0.556. The third-order valence-corrected chi connectivity index (χ3v) is 4.46. The molecule has 1 aliphatic heterocycles. The van der Waals surface area contributed by atoms with Gasteiger partial charge in [-0.25, -0.2) is 0 Å². The topological polar surface area (TPSA) is 75.9 Å². The van der Waals surface area contributed by atoms with Crippen LogP contribution in [0.25, 0.3) is 0 Å². The Hall–Kier alpha value is -1.92. The molecule has 6 heteroatoms. The monoisotopic (exact) mass is 333 g/mol. The van der Waals surface area contributed by atoms with Gasteiger partial charge in [0.1, 0.15) is 0 Å². The molecule has 1 aromatic carbocycles. The molecule has 1 fully saturated rings. The van der Waals surface area contributed by atoms with Crippen LogP contribution in [0.2, 0.25) is 0 Å². The van der Waals surface area contributed by atoms with E-state index in [-0.39, 0.29) is 11.8 Å². The van der Waals surface area contributed by atoms with Crippen LogP contribution in [0.4, 0.5) is 0 Å². The van der Waals surface area contributed by atoms with Gasteiger partial charge in [-0.2, -0.15) is 0 Å². The number of carbonyl (C=O) groups excluding carboxylic acids is 2. The standard InChI is InChI=1S/C18H27N3O3/c1-4-21(17(23)18(19)9-11-24-12-10-18)13-14-5-7-15(8-6-14)16(22)20(2)3/h5-8H,4,9-13,19H2,1-3H3. The molecular formula is C18H27N3O3. The number of nitrogens with zero attached hydrogens (tertiary/aromatic N) is 2. The quantitative estimate of drug-likeness (QED) is 0.880. The summed E-state index contributed by atoms with van der Waals surface area (Å²) in [6.45, 7) is 4.09. The molecule has 2 rings (SSSR count). The average molecular weight is 333 g/mol. The number of benzene rings is 1. The van der Waals surface area contributed by atoms with Gasteiger partial charge in [0.05, 0.1) is 5.54 Å². The molecule has 0 bridgehead atoms. The first kappa shape index (κ1) is 18.4. The van der Waals surface area contributed by atoms with Crippen molar-refractivity contribution in [2.45, 2.75) is 31.8 Å². The Balaban J connectivity index is 2.07. The number of nitrogens with two attached hydrogens (primary N) is 1. The zero-order valence-corrected chi connectivity index (χ0v) is 14.7. The van der Waals surface area contributed by atoms with E-state index in [0.29, 0.717) is 44.7 Å². The average Bonchev–Trinajstić information content (AvgIpc) is 2.59. The number of rotatable bonds is 5. The Labute approximate surface area is 143 Å². The lowest BCUT2D eigenvalue weighted by molar-refractivity contribution is -0.141. The second-order valence-corrected chi connectivity index (χ2v) is 6.48. The molecule has 0 aliphatic carbocycles. The molecule has 6 nitrogen and oxygen atoms in total. The predicted molar refractivity (Wildman–Crippen MR) is 92.5 cm³/mol. The summed E-state index contributed by atoms with van der Waals surface area (Å²) in [6, 6.07) is 7.37. The first-order valence-electron chi connectivity index (χ1n) is 8.34. The van der Waals surface area contributed by atoms with E-state index >= 15 is 0 Å². The van der Waals surface area contributed by atoms with E-state index in [1.165, 1.54) is 0 Å². The summed E-state index contributed by atoms with van der Waals surface area (Å²) in [6.07, 6.45) is 1.11. The third kappa shape index (κ3) is 4.13. The van der Waals surface area contributed by atoms with Crippen molar-refractivity contribution in [1.29, 1.82) is 0 Å². The van der Waals surface area contributed by atoms with Crippen LogP contribution in [0.5, 0.6) is 0 Å². The summed E-state index contributed by atoms with van der Waals surface area (Å²) in [5.41, 5.74) is 7.10. The van der Waals surface area contributed by atoms with Crippen molar-refractivity contribution < 1.29 is 14.3 Å². The fourth-order valence-electron chi connectivity index (χ4n) is 2.82. The molecular weight excluding hydrogens is 306 g/mol. The molecule has 0 spiro atoms. The fourth-order valence-corrected chi connectivity index (χ4v) is 2.82. The molecule has 1 aliphatic rings. The molecule has 0 unspecified atom stereocenters. The molecule has 132 valence electrons. The van der Waals surface area contributed by atoms with Crippen molar-refractivity contribution in [2.75, 3.05) is 33.9 Å². The highest BCUT2D eigenvalue weighted by atomic mass is 16.5. The molecule has 0 radical (unpaired) electrons. The van der Waals surface area contributed by atoms with Crippen molar-refractivity contribution in [3.63, 3.8) is 0 Å². The molecule has 1 aromatic rings. The van der Waals surface area contributed by atoms with Crippen LogP contribution in [-0.4, -0.2) is 61.0 Å². The maximum absolute atomic E-state index is 12.8. The smallest absolute Gasteiger partial charge is 0.253 e. The van der Waals surface area contributed by atoms with E-state index < -0.39 is 5.54 Å². The molecule has 24 heavy (non-hydrogen) atoms. The lowest BCUT2D eigenvalue weighted by Crippen LogP contribution is -2.57. The van der Waals surface area contributed by atoms with Crippen LogP contribution in [0.15, 0.2) is 24.3 Å². The van der Waals surface area contributed by atoms with Crippen molar-refractivity contribution in [3.05, 3.63) is 35.4 Å². The van der Waals surface area contributed by atoms with Crippen LogP contribution in [0, 0.1) is 0 Å². The number of ether oxygens (including phenoxy) is 1. The van der Waals surface area contributed by atoms with E-state index in [1.807, 2.05) is 19.1 Å². The van der Waals surface area contributed by atoms with Gasteiger partial charge in [0.15, 0.2) is 0 Å². The molecule has 0 atom stereocenters. The van der Waals surface area contributed by atoms with Gasteiger partial charge in [-0.15, -0.1) is 0 Å². The van der Waals surface area contributed by atoms with Crippen LogP contribution in [0.3, 0.4) is 0 Å². The normalized spacial score (nSPS) is 16.5. The third-order valence-electron chi connectivity index (χ3n) is 4.46. The van der Waals surface area contributed by atoms with Crippen molar-refractivity contribution in [3.8, 4) is 0 Å². The van der Waals surface area contributed by atoms with Gasteiger partial charge in [0.25, 0.3) is 5.91 Å². The molecule has 0 aromatic heterocycles. The zero-order valence-electron chi connectivity index (χ0n) is 14.7. The van der Waals surface area contributed by atoms with E-state index in [2.05, 4.69) is 0 Å². The Kier molecular flexibility index (Phi) is 5.96. The summed E-state index contributed by atoms with van der Waals surface area (Å²) >= 11 is 0. The lowest BCUT2D eigenvalue weighted by Gasteiger charge is -2.36. The Morgan fingerprint density at radius 1 is 1.17 bits per heavy atom. The van der Waals surface area contributed by atoms with Gasteiger partial charge >= 0.3 is 0 Å². The summed E-state index contributed by atoms with van der Waals surface area (Å²) in [4.78, 5) is 28.0. The minimum Gasteiger partial charge on any atom is -0.381 e. The largest absolute Gasteiger partial charge is 0.381 e. The minimum atomic E-state index is -0.824. The molecule has 0 saturated carbocycles. The molecule has 1 saturated heterocycles. The van der Waals surface area contributed by atoms with E-state index in [9.17, 15) is 9.59 Å². The molecule has 2 amide bonds. The van der Waals surface area contributed by atoms with Crippen LogP contribution < -0.4 is 5.73 Å². The first-order chi connectivity index (χ1) is 11.4. The van der Waals surface area contributed by atoms with E-state index in [1.54, 1.807) is 36.0 Å². The number of amides is 2. The Morgan fingerprint density at radius 3 is 2.25 bits per heavy atom. The number of hydrogen-bond acceptors (Lipinski definition) is 4. The number of likely N-dealkylation sites (N-methyl/N-ethyl adjacent to an activating group) is 1. The van der Waals surface area contributed by atoms with Gasteiger partial charge in [-0.05, 0) is 37.5 Å². The van der Waals surface area contributed by atoms with Crippen LogP contribution >= 0.6 is 0 Å². The summed E-state index contributed by atoms with van der Waals surface area (Å²) in [5.74, 6) is -0.0603.